The third-order valence-corrected chi connectivity index (χ3v) is 5.09. The lowest BCUT2D eigenvalue weighted by Gasteiger charge is -2.44. The van der Waals surface area contributed by atoms with Crippen molar-refractivity contribution in [2.45, 2.75) is 58.3 Å². The van der Waals surface area contributed by atoms with Gasteiger partial charge in [0.2, 0.25) is 0 Å². The molecule has 5 atom stereocenters. The SMILES string of the molecule is CC(=O)OC[C@@H]1O[C@H](Nc2c([N+](=O)[O-])c(=O)n(C)c(=O)n2C)[C@H](OC(C)=O)[C@@H](OC(C)=O)[C@H]1OC(C)=O. The zero-order valence-electron chi connectivity index (χ0n) is 20.7. The van der Waals surface area contributed by atoms with Gasteiger partial charge in [-0.25, -0.2) is 4.79 Å². The first-order chi connectivity index (χ1) is 17.1. The predicted molar refractivity (Wildman–Crippen MR) is 119 cm³/mol. The molecule has 2 heterocycles. The Morgan fingerprint density at radius 2 is 1.41 bits per heavy atom. The van der Waals surface area contributed by atoms with Crippen LogP contribution in [0, 0.1) is 10.1 Å². The Morgan fingerprint density at radius 3 is 1.89 bits per heavy atom. The van der Waals surface area contributed by atoms with Crippen molar-refractivity contribution in [3.8, 4) is 0 Å². The molecule has 1 aromatic rings. The van der Waals surface area contributed by atoms with Crippen LogP contribution in [-0.4, -0.2) is 75.2 Å². The topological polar surface area (TPSA) is 214 Å². The maximum atomic E-state index is 12.5. The van der Waals surface area contributed by atoms with E-state index in [0.29, 0.717) is 4.57 Å². The van der Waals surface area contributed by atoms with Gasteiger partial charge in [-0.3, -0.25) is 43.2 Å². The van der Waals surface area contributed by atoms with Crippen LogP contribution in [0.25, 0.3) is 0 Å². The number of carbonyl (C=O) groups is 4. The maximum absolute atomic E-state index is 12.5. The van der Waals surface area contributed by atoms with Crippen molar-refractivity contribution in [1.82, 2.24) is 9.13 Å². The summed E-state index contributed by atoms with van der Waals surface area (Å²) in [6.07, 6.45) is -7.66. The van der Waals surface area contributed by atoms with Gasteiger partial charge in [0.1, 0.15) is 12.7 Å². The summed E-state index contributed by atoms with van der Waals surface area (Å²) < 4.78 is 27.8. The standard InChI is InChI=1S/C20H26N4O13/c1-8(25)33-7-12-14(34-9(2)26)15(35-10(3)27)16(36-11(4)28)18(37-12)21-17-13(24(31)32)19(29)23(6)20(30)22(17)5/h12,14-16,18,21H,7H2,1-6H3/t12-,14-,15-,16+,18-/m0/s1. The van der Waals surface area contributed by atoms with Gasteiger partial charge >= 0.3 is 40.8 Å². The molecule has 0 spiro atoms. The van der Waals surface area contributed by atoms with Crippen LogP contribution >= 0.6 is 0 Å². The summed E-state index contributed by atoms with van der Waals surface area (Å²) in [6, 6.07) is 0. The van der Waals surface area contributed by atoms with Crippen LogP contribution in [0.15, 0.2) is 9.59 Å². The van der Waals surface area contributed by atoms with Crippen molar-refractivity contribution >= 4 is 35.4 Å². The van der Waals surface area contributed by atoms with Gasteiger partial charge < -0.3 is 29.0 Å². The molecule has 1 fully saturated rings. The van der Waals surface area contributed by atoms with Gasteiger partial charge in [0, 0.05) is 41.8 Å². The Balaban J connectivity index is 2.71. The van der Waals surface area contributed by atoms with Gasteiger partial charge in [-0.05, 0) is 0 Å². The van der Waals surface area contributed by atoms with Crippen molar-refractivity contribution in [3.05, 3.63) is 31.0 Å². The molecular weight excluding hydrogens is 504 g/mol. The minimum atomic E-state index is -1.64. The predicted octanol–water partition coefficient (Wildman–Crippen LogP) is -1.51. The Labute approximate surface area is 208 Å². The highest BCUT2D eigenvalue weighted by Crippen LogP contribution is 2.31. The fraction of sp³-hybridized carbons (Fsp3) is 0.600. The van der Waals surface area contributed by atoms with Crippen molar-refractivity contribution < 1.29 is 47.8 Å². The van der Waals surface area contributed by atoms with E-state index in [4.69, 9.17) is 23.7 Å². The highest BCUT2D eigenvalue weighted by Gasteiger charge is 2.53. The third-order valence-electron chi connectivity index (χ3n) is 5.09. The number of rotatable bonds is 8. The number of carbonyl (C=O) groups excluding carboxylic acids is 4. The summed E-state index contributed by atoms with van der Waals surface area (Å²) in [4.78, 5) is 82.7. The zero-order valence-corrected chi connectivity index (χ0v) is 20.7. The molecule has 1 saturated heterocycles. The molecule has 1 N–H and O–H groups in total. The van der Waals surface area contributed by atoms with Crippen LogP contribution in [-0.2, 0) is 57.0 Å². The van der Waals surface area contributed by atoms with Crippen LogP contribution in [0.1, 0.15) is 27.7 Å². The first kappa shape index (κ1) is 29.0. The lowest BCUT2D eigenvalue weighted by molar-refractivity contribution is -0.386. The number of ether oxygens (including phenoxy) is 5. The number of nitro groups is 1. The van der Waals surface area contributed by atoms with E-state index in [-0.39, 0.29) is 0 Å². The second kappa shape index (κ2) is 11.6. The van der Waals surface area contributed by atoms with E-state index in [0.717, 1.165) is 46.4 Å². The third kappa shape index (κ3) is 6.69. The molecule has 37 heavy (non-hydrogen) atoms. The molecule has 0 aromatic carbocycles. The Kier molecular flexibility index (Phi) is 9.11. The van der Waals surface area contributed by atoms with Crippen molar-refractivity contribution in [3.63, 3.8) is 0 Å². The number of aromatic nitrogens is 2. The van der Waals surface area contributed by atoms with Crippen molar-refractivity contribution in [2.24, 2.45) is 14.1 Å². The van der Waals surface area contributed by atoms with Gasteiger partial charge in [-0.15, -0.1) is 0 Å². The van der Waals surface area contributed by atoms with Crippen LogP contribution in [0.2, 0.25) is 0 Å². The molecule has 17 nitrogen and oxygen atoms in total. The molecular formula is C20H26N4O13. The van der Waals surface area contributed by atoms with Gasteiger partial charge in [0.15, 0.2) is 30.4 Å². The molecule has 0 aliphatic carbocycles. The summed E-state index contributed by atoms with van der Waals surface area (Å²) in [5.41, 5.74) is -3.23. The Hall–Kier alpha value is -4.28. The lowest BCUT2D eigenvalue weighted by Crippen LogP contribution is -2.64. The number of anilines is 1. The molecule has 1 aromatic heterocycles. The van der Waals surface area contributed by atoms with Crippen LogP contribution in [0.5, 0.6) is 0 Å². The van der Waals surface area contributed by atoms with Crippen molar-refractivity contribution in [2.75, 3.05) is 11.9 Å². The fourth-order valence-electron chi connectivity index (χ4n) is 3.64. The molecule has 1 aliphatic rings. The molecule has 1 aliphatic heterocycles. The fourth-order valence-corrected chi connectivity index (χ4v) is 3.64. The van der Waals surface area contributed by atoms with E-state index >= 15 is 0 Å². The largest absolute Gasteiger partial charge is 0.463 e. The minimum Gasteiger partial charge on any atom is -0.463 e. The number of hydrogen-bond acceptors (Lipinski definition) is 14. The molecule has 204 valence electrons. The average Bonchev–Trinajstić information content (AvgIpc) is 2.77. The van der Waals surface area contributed by atoms with E-state index in [1.54, 1.807) is 0 Å². The maximum Gasteiger partial charge on any atom is 0.374 e. The quantitative estimate of drug-likeness (QED) is 0.175. The molecule has 0 bridgehead atoms. The number of hydrogen-bond donors (Lipinski definition) is 1. The van der Waals surface area contributed by atoms with E-state index in [1.165, 1.54) is 0 Å². The normalized spacial score (nSPS) is 22.9. The summed E-state index contributed by atoms with van der Waals surface area (Å²) >= 11 is 0. The lowest BCUT2D eigenvalue weighted by atomic mass is 9.97. The van der Waals surface area contributed by atoms with Crippen LogP contribution in [0.4, 0.5) is 11.5 Å². The first-order valence-corrected chi connectivity index (χ1v) is 10.7. The highest BCUT2D eigenvalue weighted by atomic mass is 16.7. The number of nitrogens with zero attached hydrogens (tertiary/aromatic N) is 3. The molecule has 2 rings (SSSR count). The average molecular weight is 530 g/mol. The smallest absolute Gasteiger partial charge is 0.374 e. The zero-order chi connectivity index (χ0) is 28.2. The molecule has 0 radical (unpaired) electrons. The highest BCUT2D eigenvalue weighted by molar-refractivity contribution is 5.69. The second-order valence-corrected chi connectivity index (χ2v) is 7.92. The van der Waals surface area contributed by atoms with E-state index in [2.05, 4.69) is 5.32 Å². The van der Waals surface area contributed by atoms with Crippen LogP contribution < -0.4 is 16.6 Å². The molecule has 0 unspecified atom stereocenters. The van der Waals surface area contributed by atoms with Gasteiger partial charge in [0.25, 0.3) is 0 Å². The Morgan fingerprint density at radius 1 is 0.892 bits per heavy atom. The summed E-state index contributed by atoms with van der Waals surface area (Å²) in [6.45, 7) is 3.60. The number of nitrogens with one attached hydrogen (secondary N) is 1. The van der Waals surface area contributed by atoms with Gasteiger partial charge in [-0.1, -0.05) is 0 Å². The summed E-state index contributed by atoms with van der Waals surface area (Å²) in [5, 5.41) is 14.2. The molecule has 17 heteroatoms. The minimum absolute atomic E-state index is 0.510. The molecule has 0 amide bonds. The molecule has 0 saturated carbocycles. The number of esters is 4. The first-order valence-electron chi connectivity index (χ1n) is 10.7. The summed E-state index contributed by atoms with van der Waals surface area (Å²) in [5.74, 6) is -4.02. The second-order valence-electron chi connectivity index (χ2n) is 7.92. The van der Waals surface area contributed by atoms with E-state index in [1.807, 2.05) is 0 Å². The Bertz CT molecular complexity index is 1220. The summed E-state index contributed by atoms with van der Waals surface area (Å²) in [7, 11) is 2.16. The monoisotopic (exact) mass is 530 g/mol. The van der Waals surface area contributed by atoms with Gasteiger partial charge in [0.05, 0.1) is 4.92 Å². The van der Waals surface area contributed by atoms with E-state index < -0.39 is 88.8 Å². The van der Waals surface area contributed by atoms with Crippen molar-refractivity contribution in [1.29, 1.82) is 0 Å². The van der Waals surface area contributed by atoms with Gasteiger partial charge in [-0.2, -0.15) is 0 Å². The van der Waals surface area contributed by atoms with E-state index in [9.17, 15) is 38.9 Å². The van der Waals surface area contributed by atoms with Crippen LogP contribution in [0.3, 0.4) is 0 Å².